The molecule has 0 unspecified atom stereocenters. The summed E-state index contributed by atoms with van der Waals surface area (Å²) in [5, 5.41) is 10.1. The van der Waals surface area contributed by atoms with Crippen LogP contribution >= 0.6 is 0 Å². The molecule has 1 aromatic heterocycles. The SMILES string of the molecule is COc1ccc(Cn2c(C)cc(=O)c(O)c2CN(C)C)cc1. The Morgan fingerprint density at radius 3 is 2.41 bits per heavy atom. The maximum absolute atomic E-state index is 11.8. The van der Waals surface area contributed by atoms with Gasteiger partial charge in [0.25, 0.3) is 0 Å². The van der Waals surface area contributed by atoms with Gasteiger partial charge in [-0.2, -0.15) is 0 Å². The summed E-state index contributed by atoms with van der Waals surface area (Å²) < 4.78 is 7.13. The minimum Gasteiger partial charge on any atom is -0.503 e. The van der Waals surface area contributed by atoms with Gasteiger partial charge < -0.3 is 19.3 Å². The largest absolute Gasteiger partial charge is 0.503 e. The number of nitrogens with zero attached hydrogens (tertiary/aromatic N) is 2. The van der Waals surface area contributed by atoms with Gasteiger partial charge >= 0.3 is 0 Å². The lowest BCUT2D eigenvalue weighted by Crippen LogP contribution is -2.22. The first kappa shape index (κ1) is 16.1. The van der Waals surface area contributed by atoms with E-state index in [-0.39, 0.29) is 11.2 Å². The molecule has 0 aliphatic carbocycles. The molecule has 0 bridgehead atoms. The van der Waals surface area contributed by atoms with E-state index in [9.17, 15) is 9.90 Å². The number of aromatic hydroxyl groups is 1. The normalized spacial score (nSPS) is 11.0. The third-order valence-corrected chi connectivity index (χ3v) is 3.56. The van der Waals surface area contributed by atoms with Crippen LogP contribution in [-0.4, -0.2) is 35.8 Å². The molecule has 0 atom stereocenters. The fourth-order valence-corrected chi connectivity index (χ4v) is 2.41. The number of hydrogen-bond donors (Lipinski definition) is 1. The molecule has 0 saturated heterocycles. The van der Waals surface area contributed by atoms with Gasteiger partial charge in [-0.1, -0.05) is 12.1 Å². The summed E-state index contributed by atoms with van der Waals surface area (Å²) in [7, 11) is 5.45. The Kier molecular flexibility index (Phi) is 4.88. The molecule has 118 valence electrons. The van der Waals surface area contributed by atoms with Crippen LogP contribution in [0.15, 0.2) is 35.1 Å². The quantitative estimate of drug-likeness (QED) is 0.917. The molecule has 0 spiro atoms. The van der Waals surface area contributed by atoms with Gasteiger partial charge in [0.2, 0.25) is 5.43 Å². The predicted molar refractivity (Wildman–Crippen MR) is 86.6 cm³/mol. The van der Waals surface area contributed by atoms with Crippen molar-refractivity contribution < 1.29 is 9.84 Å². The molecular formula is C17H22N2O3. The van der Waals surface area contributed by atoms with Crippen molar-refractivity contribution in [1.29, 1.82) is 0 Å². The van der Waals surface area contributed by atoms with Crippen molar-refractivity contribution in [2.24, 2.45) is 0 Å². The molecule has 2 rings (SSSR count). The number of aromatic nitrogens is 1. The predicted octanol–water partition coefficient (Wildman–Crippen LogP) is 1.98. The molecule has 5 heteroatoms. The van der Waals surface area contributed by atoms with E-state index in [1.165, 1.54) is 6.07 Å². The number of rotatable bonds is 5. The molecule has 0 aliphatic rings. The van der Waals surface area contributed by atoms with Gasteiger partial charge in [0, 0.05) is 24.8 Å². The van der Waals surface area contributed by atoms with Crippen LogP contribution in [0.5, 0.6) is 11.5 Å². The second-order valence-electron chi connectivity index (χ2n) is 5.62. The van der Waals surface area contributed by atoms with Gasteiger partial charge in [-0.05, 0) is 38.7 Å². The molecule has 0 saturated carbocycles. The Labute approximate surface area is 130 Å². The Hall–Kier alpha value is -2.27. The molecule has 0 amide bonds. The van der Waals surface area contributed by atoms with Crippen molar-refractivity contribution in [3.05, 3.63) is 57.5 Å². The maximum atomic E-state index is 11.8. The second kappa shape index (κ2) is 6.66. The van der Waals surface area contributed by atoms with E-state index < -0.39 is 0 Å². The zero-order valence-electron chi connectivity index (χ0n) is 13.5. The van der Waals surface area contributed by atoms with E-state index in [0.717, 1.165) is 17.0 Å². The molecule has 1 heterocycles. The van der Waals surface area contributed by atoms with E-state index in [1.54, 1.807) is 7.11 Å². The van der Waals surface area contributed by atoms with E-state index >= 15 is 0 Å². The summed E-state index contributed by atoms with van der Waals surface area (Å²) in [6.45, 7) is 2.97. The average Bonchev–Trinajstić information content (AvgIpc) is 2.48. The molecule has 5 nitrogen and oxygen atoms in total. The van der Waals surface area contributed by atoms with Crippen molar-refractivity contribution in [3.8, 4) is 11.5 Å². The number of ether oxygens (including phenoxy) is 1. The maximum Gasteiger partial charge on any atom is 0.223 e. The standard InChI is InChI=1S/C17H22N2O3/c1-12-9-16(20)17(21)15(11-18(2)3)19(12)10-13-5-7-14(22-4)8-6-13/h5-9,21H,10-11H2,1-4H3. The van der Waals surface area contributed by atoms with Gasteiger partial charge in [0.05, 0.1) is 12.8 Å². The summed E-state index contributed by atoms with van der Waals surface area (Å²) in [5.74, 6) is 0.629. The highest BCUT2D eigenvalue weighted by atomic mass is 16.5. The smallest absolute Gasteiger partial charge is 0.223 e. The lowest BCUT2D eigenvalue weighted by Gasteiger charge is -2.20. The van der Waals surface area contributed by atoms with E-state index in [0.29, 0.717) is 18.8 Å². The highest BCUT2D eigenvalue weighted by Crippen LogP contribution is 2.19. The van der Waals surface area contributed by atoms with Crippen LogP contribution in [0, 0.1) is 6.92 Å². The Balaban J connectivity index is 2.44. The van der Waals surface area contributed by atoms with Crippen molar-refractivity contribution >= 4 is 0 Å². The van der Waals surface area contributed by atoms with Crippen LogP contribution < -0.4 is 10.2 Å². The van der Waals surface area contributed by atoms with Crippen molar-refractivity contribution in [2.45, 2.75) is 20.0 Å². The molecule has 0 aliphatic heterocycles. The Morgan fingerprint density at radius 1 is 1.23 bits per heavy atom. The van der Waals surface area contributed by atoms with Gasteiger partial charge in [0.1, 0.15) is 5.75 Å². The second-order valence-corrected chi connectivity index (χ2v) is 5.62. The van der Waals surface area contributed by atoms with Crippen LogP contribution in [0.25, 0.3) is 0 Å². The van der Waals surface area contributed by atoms with Crippen LogP contribution in [-0.2, 0) is 13.1 Å². The summed E-state index contributed by atoms with van der Waals surface area (Å²) in [6.07, 6.45) is 0. The topological polar surface area (TPSA) is 54.7 Å². The van der Waals surface area contributed by atoms with Crippen LogP contribution in [0.3, 0.4) is 0 Å². The molecule has 1 aromatic carbocycles. The fraction of sp³-hybridized carbons (Fsp3) is 0.353. The number of methoxy groups -OCH3 is 1. The van der Waals surface area contributed by atoms with E-state index in [4.69, 9.17) is 4.74 Å². The summed E-state index contributed by atoms with van der Waals surface area (Å²) in [5.41, 5.74) is 2.20. The minimum absolute atomic E-state index is 0.173. The average molecular weight is 302 g/mol. The lowest BCUT2D eigenvalue weighted by atomic mass is 10.1. The first-order chi connectivity index (χ1) is 10.4. The lowest BCUT2D eigenvalue weighted by molar-refractivity contribution is 0.364. The zero-order valence-corrected chi connectivity index (χ0v) is 13.5. The van der Waals surface area contributed by atoms with E-state index in [2.05, 4.69) is 0 Å². The van der Waals surface area contributed by atoms with Crippen LogP contribution in [0.4, 0.5) is 0 Å². The molecule has 22 heavy (non-hydrogen) atoms. The van der Waals surface area contributed by atoms with Gasteiger partial charge in [-0.3, -0.25) is 4.79 Å². The highest BCUT2D eigenvalue weighted by Gasteiger charge is 2.14. The summed E-state index contributed by atoms with van der Waals surface area (Å²) >= 11 is 0. The molecular weight excluding hydrogens is 280 g/mol. The first-order valence-electron chi connectivity index (χ1n) is 7.12. The molecule has 1 N–H and O–H groups in total. The molecule has 0 radical (unpaired) electrons. The van der Waals surface area contributed by atoms with Crippen molar-refractivity contribution in [2.75, 3.05) is 21.2 Å². The Bertz CT molecular complexity index is 703. The number of benzene rings is 1. The van der Waals surface area contributed by atoms with Crippen molar-refractivity contribution in [3.63, 3.8) is 0 Å². The van der Waals surface area contributed by atoms with Gasteiger partial charge in [0.15, 0.2) is 5.75 Å². The van der Waals surface area contributed by atoms with Gasteiger partial charge in [-0.15, -0.1) is 0 Å². The number of hydrogen-bond acceptors (Lipinski definition) is 4. The van der Waals surface area contributed by atoms with E-state index in [1.807, 2.05) is 54.8 Å². The first-order valence-corrected chi connectivity index (χ1v) is 7.12. The van der Waals surface area contributed by atoms with Crippen LogP contribution in [0.2, 0.25) is 0 Å². The minimum atomic E-state index is -0.333. The van der Waals surface area contributed by atoms with Crippen molar-refractivity contribution in [1.82, 2.24) is 9.47 Å². The summed E-state index contributed by atoms with van der Waals surface area (Å²) in [6, 6.07) is 9.23. The van der Waals surface area contributed by atoms with Crippen LogP contribution in [0.1, 0.15) is 17.0 Å². The molecule has 0 fully saturated rings. The van der Waals surface area contributed by atoms with Gasteiger partial charge in [-0.25, -0.2) is 0 Å². The Morgan fingerprint density at radius 2 is 1.86 bits per heavy atom. The molecule has 2 aromatic rings. The zero-order chi connectivity index (χ0) is 16.3. The number of pyridine rings is 1. The highest BCUT2D eigenvalue weighted by molar-refractivity contribution is 5.32. The third kappa shape index (κ3) is 3.49. The monoisotopic (exact) mass is 302 g/mol. The fourth-order valence-electron chi connectivity index (χ4n) is 2.41. The summed E-state index contributed by atoms with van der Waals surface area (Å²) in [4.78, 5) is 13.8. The number of aryl methyl sites for hydroxylation is 1. The third-order valence-electron chi connectivity index (χ3n) is 3.56.